The average Bonchev–Trinajstić information content (AvgIpc) is 3.05. The lowest BCUT2D eigenvalue weighted by molar-refractivity contribution is -0.126. The van der Waals surface area contributed by atoms with Crippen molar-refractivity contribution in [2.45, 2.75) is 32.2 Å². The van der Waals surface area contributed by atoms with Crippen molar-refractivity contribution in [2.75, 3.05) is 6.54 Å². The first kappa shape index (κ1) is 16.5. The van der Waals surface area contributed by atoms with Crippen LogP contribution in [-0.4, -0.2) is 12.5 Å². The van der Waals surface area contributed by atoms with Gasteiger partial charge in [0.25, 0.3) is 0 Å². The Labute approximate surface area is 128 Å². The summed E-state index contributed by atoms with van der Waals surface area (Å²) in [6, 6.07) is 7.55. The van der Waals surface area contributed by atoms with Crippen LogP contribution in [0.4, 0.5) is 0 Å². The quantitative estimate of drug-likeness (QED) is 0.880. The molecule has 1 aromatic carbocycles. The van der Waals surface area contributed by atoms with E-state index in [-0.39, 0.29) is 18.3 Å². The number of nitrogens with one attached hydrogen (secondary N) is 1. The van der Waals surface area contributed by atoms with E-state index in [1.54, 1.807) is 6.92 Å². The summed E-state index contributed by atoms with van der Waals surface area (Å²) in [7, 11) is 0. The van der Waals surface area contributed by atoms with Gasteiger partial charge < -0.3 is 11.1 Å². The molecule has 1 aliphatic rings. The number of halogens is 2. The molecule has 0 aliphatic heterocycles. The third kappa shape index (κ3) is 3.94. The zero-order valence-electron chi connectivity index (χ0n) is 11.2. The molecule has 1 fully saturated rings. The summed E-state index contributed by atoms with van der Waals surface area (Å²) in [5.74, 6) is -0.113. The van der Waals surface area contributed by atoms with Gasteiger partial charge in [-0.3, -0.25) is 4.79 Å². The molecule has 0 aromatic heterocycles. The topological polar surface area (TPSA) is 55.1 Å². The summed E-state index contributed by atoms with van der Waals surface area (Å²) in [6.07, 6.45) is 2.37. The van der Waals surface area contributed by atoms with E-state index >= 15 is 0 Å². The minimum Gasteiger partial charge on any atom is -0.354 e. The van der Waals surface area contributed by atoms with Gasteiger partial charge in [0.15, 0.2) is 0 Å². The second kappa shape index (κ2) is 5.81. The fraction of sp³-hybridized carbons (Fsp3) is 0.500. The van der Waals surface area contributed by atoms with E-state index < -0.39 is 5.54 Å². The number of hydrogen-bond donors (Lipinski definition) is 2. The molecule has 2 rings (SSSR count). The van der Waals surface area contributed by atoms with Gasteiger partial charge in [0.1, 0.15) is 5.54 Å². The monoisotopic (exact) mass is 346 g/mol. The first-order chi connectivity index (χ1) is 8.33. The Kier molecular flexibility index (Phi) is 5.04. The van der Waals surface area contributed by atoms with Gasteiger partial charge in [0.05, 0.1) is 0 Å². The second-order valence-electron chi connectivity index (χ2n) is 5.70. The number of rotatable bonds is 4. The number of hydrogen-bond acceptors (Lipinski definition) is 2. The van der Waals surface area contributed by atoms with Crippen LogP contribution in [0.25, 0.3) is 0 Å². The van der Waals surface area contributed by atoms with E-state index in [4.69, 9.17) is 5.73 Å². The summed E-state index contributed by atoms with van der Waals surface area (Å²) in [6.45, 7) is 4.65. The molecule has 3 N–H and O–H groups in total. The minimum atomic E-state index is -0.980. The lowest BCUT2D eigenvalue weighted by Crippen LogP contribution is -2.50. The van der Waals surface area contributed by atoms with Gasteiger partial charge in [-0.2, -0.15) is 0 Å². The van der Waals surface area contributed by atoms with Crippen LogP contribution < -0.4 is 11.1 Å². The molecule has 0 heterocycles. The van der Waals surface area contributed by atoms with Gasteiger partial charge in [0, 0.05) is 11.0 Å². The van der Waals surface area contributed by atoms with Crippen molar-refractivity contribution in [3.63, 3.8) is 0 Å². The summed E-state index contributed by atoms with van der Waals surface area (Å²) >= 11 is 3.37. The van der Waals surface area contributed by atoms with Crippen molar-refractivity contribution < 1.29 is 4.79 Å². The molecular weight excluding hydrogens is 328 g/mol. The molecule has 0 saturated heterocycles. The zero-order valence-corrected chi connectivity index (χ0v) is 13.6. The Morgan fingerprint density at radius 3 is 2.42 bits per heavy atom. The molecule has 3 nitrogen and oxygen atoms in total. The van der Waals surface area contributed by atoms with Crippen LogP contribution in [0.15, 0.2) is 28.7 Å². The highest BCUT2D eigenvalue weighted by Crippen LogP contribution is 2.44. The molecule has 106 valence electrons. The average molecular weight is 348 g/mol. The maximum atomic E-state index is 12.2. The van der Waals surface area contributed by atoms with Crippen LogP contribution in [0.5, 0.6) is 0 Å². The molecule has 0 spiro atoms. The SMILES string of the molecule is CC1(CNC(=O)C(C)(N)c2ccc(Br)cc2)CC1.Cl. The largest absolute Gasteiger partial charge is 0.354 e. The highest BCUT2D eigenvalue weighted by molar-refractivity contribution is 9.10. The Morgan fingerprint density at radius 2 is 1.95 bits per heavy atom. The van der Waals surface area contributed by atoms with Crippen molar-refractivity contribution in [3.05, 3.63) is 34.3 Å². The van der Waals surface area contributed by atoms with Crippen molar-refractivity contribution in [2.24, 2.45) is 11.1 Å². The van der Waals surface area contributed by atoms with Crippen LogP contribution in [0.1, 0.15) is 32.3 Å². The van der Waals surface area contributed by atoms with E-state index in [9.17, 15) is 4.79 Å². The van der Waals surface area contributed by atoms with Gasteiger partial charge >= 0.3 is 0 Å². The van der Waals surface area contributed by atoms with Gasteiger partial charge in [-0.1, -0.05) is 35.0 Å². The molecular formula is C14H20BrClN2O. The zero-order chi connectivity index (χ0) is 13.4. The number of amides is 1. The fourth-order valence-electron chi connectivity index (χ4n) is 1.79. The van der Waals surface area contributed by atoms with Gasteiger partial charge in [0.2, 0.25) is 5.91 Å². The highest BCUT2D eigenvalue weighted by atomic mass is 79.9. The molecule has 5 heteroatoms. The van der Waals surface area contributed by atoms with Crippen LogP contribution in [0.2, 0.25) is 0 Å². The van der Waals surface area contributed by atoms with Gasteiger partial charge in [-0.05, 0) is 42.9 Å². The number of benzene rings is 1. The Balaban J connectivity index is 0.00000180. The first-order valence-electron chi connectivity index (χ1n) is 6.17. The maximum absolute atomic E-state index is 12.2. The second-order valence-corrected chi connectivity index (χ2v) is 6.62. The predicted molar refractivity (Wildman–Crippen MR) is 83.3 cm³/mol. The van der Waals surface area contributed by atoms with E-state index in [0.29, 0.717) is 5.41 Å². The minimum absolute atomic E-state index is 0. The van der Waals surface area contributed by atoms with Crippen LogP contribution in [0.3, 0.4) is 0 Å². The van der Waals surface area contributed by atoms with Gasteiger partial charge in [-0.15, -0.1) is 12.4 Å². The third-order valence-electron chi connectivity index (χ3n) is 3.69. The normalized spacial score (nSPS) is 18.9. The molecule has 1 atom stereocenters. The Hall–Kier alpha value is -0.580. The lowest BCUT2D eigenvalue weighted by Gasteiger charge is -2.25. The molecule has 1 saturated carbocycles. The van der Waals surface area contributed by atoms with E-state index in [1.807, 2.05) is 24.3 Å². The number of nitrogens with two attached hydrogens (primary N) is 1. The van der Waals surface area contributed by atoms with E-state index in [0.717, 1.165) is 16.6 Å². The molecule has 0 radical (unpaired) electrons. The highest BCUT2D eigenvalue weighted by Gasteiger charge is 2.39. The lowest BCUT2D eigenvalue weighted by atomic mass is 9.92. The fourth-order valence-corrected chi connectivity index (χ4v) is 2.06. The van der Waals surface area contributed by atoms with Crippen LogP contribution >= 0.6 is 28.3 Å². The molecule has 19 heavy (non-hydrogen) atoms. The number of carbonyl (C=O) groups excluding carboxylic acids is 1. The van der Waals surface area contributed by atoms with Gasteiger partial charge in [-0.25, -0.2) is 0 Å². The van der Waals surface area contributed by atoms with Crippen molar-refractivity contribution in [3.8, 4) is 0 Å². The molecule has 1 unspecified atom stereocenters. The van der Waals surface area contributed by atoms with Crippen LogP contribution in [0, 0.1) is 5.41 Å². The maximum Gasteiger partial charge on any atom is 0.244 e. The number of carbonyl (C=O) groups is 1. The molecule has 1 amide bonds. The van der Waals surface area contributed by atoms with Crippen molar-refractivity contribution in [1.29, 1.82) is 0 Å². The summed E-state index contributed by atoms with van der Waals surface area (Å²) in [4.78, 5) is 12.2. The molecule has 1 aromatic rings. The van der Waals surface area contributed by atoms with E-state index in [2.05, 4.69) is 28.2 Å². The smallest absolute Gasteiger partial charge is 0.244 e. The summed E-state index contributed by atoms with van der Waals surface area (Å²) in [5, 5.41) is 2.96. The Morgan fingerprint density at radius 1 is 1.42 bits per heavy atom. The van der Waals surface area contributed by atoms with Crippen LogP contribution in [-0.2, 0) is 10.3 Å². The van der Waals surface area contributed by atoms with Crippen molar-refractivity contribution in [1.82, 2.24) is 5.32 Å². The third-order valence-corrected chi connectivity index (χ3v) is 4.22. The predicted octanol–water partition coefficient (Wildman–Crippen LogP) is 2.96. The van der Waals surface area contributed by atoms with Crippen molar-refractivity contribution >= 4 is 34.2 Å². The first-order valence-corrected chi connectivity index (χ1v) is 6.96. The van der Waals surface area contributed by atoms with E-state index in [1.165, 1.54) is 12.8 Å². The summed E-state index contributed by atoms with van der Waals surface area (Å²) in [5.41, 5.74) is 6.29. The molecule has 1 aliphatic carbocycles. The standard InChI is InChI=1S/C14H19BrN2O.ClH/c1-13(7-8-13)9-17-12(18)14(2,16)10-3-5-11(15)6-4-10;/h3-6H,7-9,16H2,1-2H3,(H,17,18);1H. The summed E-state index contributed by atoms with van der Waals surface area (Å²) < 4.78 is 0.980. The Bertz CT molecular complexity index is 455. The molecule has 0 bridgehead atoms.